The van der Waals surface area contributed by atoms with Crippen molar-refractivity contribution in [1.82, 2.24) is 4.31 Å². The number of amides is 1. The van der Waals surface area contributed by atoms with E-state index in [9.17, 15) is 26.8 Å². The number of sulfonamides is 1. The van der Waals surface area contributed by atoms with Crippen LogP contribution in [0.5, 0.6) is 0 Å². The fraction of sp³-hybridized carbons (Fsp3) is 0.364. The molecule has 0 radical (unpaired) electrons. The maximum atomic E-state index is 12.9. The summed E-state index contributed by atoms with van der Waals surface area (Å²) in [5, 5.41) is 2.44. The molecule has 0 unspecified atom stereocenters. The predicted molar refractivity (Wildman–Crippen MR) is 121 cm³/mol. The normalized spacial score (nSPS) is 14.8. The Labute approximate surface area is 195 Å². The first-order chi connectivity index (χ1) is 15.7. The van der Waals surface area contributed by atoms with Crippen molar-refractivity contribution in [2.45, 2.75) is 41.7 Å². The second-order valence-electron chi connectivity index (χ2n) is 7.44. The highest BCUT2D eigenvalue weighted by Crippen LogP contribution is 2.31. The van der Waals surface area contributed by atoms with Gasteiger partial charge in [-0.1, -0.05) is 36.4 Å². The molecular formula is C22H24F2N2O5S2. The number of nitrogens with one attached hydrogen (secondary N) is 1. The fourth-order valence-electron chi connectivity index (χ4n) is 3.40. The number of alkyl halides is 2. The van der Waals surface area contributed by atoms with E-state index in [1.54, 1.807) is 19.1 Å². The highest BCUT2D eigenvalue weighted by Gasteiger charge is 2.27. The van der Waals surface area contributed by atoms with Gasteiger partial charge in [0.2, 0.25) is 10.0 Å². The van der Waals surface area contributed by atoms with E-state index in [1.165, 1.54) is 34.6 Å². The first kappa shape index (κ1) is 25.1. The molecule has 0 saturated carbocycles. The number of piperidine rings is 1. The molecule has 0 spiro atoms. The zero-order valence-electron chi connectivity index (χ0n) is 17.9. The number of rotatable bonds is 8. The number of para-hydroxylation sites is 1. The zero-order chi connectivity index (χ0) is 24.0. The summed E-state index contributed by atoms with van der Waals surface area (Å²) in [4.78, 5) is 25.0. The first-order valence-corrected chi connectivity index (χ1v) is 12.6. The number of anilines is 1. The highest BCUT2D eigenvalue weighted by molar-refractivity contribution is 7.99. The molecule has 1 amide bonds. The van der Waals surface area contributed by atoms with Gasteiger partial charge < -0.3 is 10.1 Å². The summed E-state index contributed by atoms with van der Waals surface area (Å²) < 4.78 is 57.7. The summed E-state index contributed by atoms with van der Waals surface area (Å²) in [6, 6.07) is 10.3. The minimum absolute atomic E-state index is 0.00986. The lowest BCUT2D eigenvalue weighted by Gasteiger charge is -2.26. The van der Waals surface area contributed by atoms with Crippen molar-refractivity contribution in [3.05, 3.63) is 53.6 Å². The molecule has 178 valence electrons. The lowest BCUT2D eigenvalue weighted by molar-refractivity contribution is -0.119. The Morgan fingerprint density at radius 3 is 2.52 bits per heavy atom. The van der Waals surface area contributed by atoms with Gasteiger partial charge in [-0.05, 0) is 49.6 Å². The number of hydrogen-bond acceptors (Lipinski definition) is 6. The van der Waals surface area contributed by atoms with E-state index >= 15 is 0 Å². The lowest BCUT2D eigenvalue weighted by Crippen LogP contribution is -2.35. The van der Waals surface area contributed by atoms with E-state index in [1.807, 2.05) is 0 Å². The topological polar surface area (TPSA) is 92.8 Å². The quantitative estimate of drug-likeness (QED) is 0.431. The van der Waals surface area contributed by atoms with E-state index in [0.29, 0.717) is 18.7 Å². The van der Waals surface area contributed by atoms with Crippen molar-refractivity contribution in [2.75, 3.05) is 25.0 Å². The summed E-state index contributed by atoms with van der Waals surface area (Å²) in [5.74, 6) is -4.22. The zero-order valence-corrected chi connectivity index (χ0v) is 19.6. The van der Waals surface area contributed by atoms with Crippen LogP contribution in [-0.4, -0.2) is 50.1 Å². The van der Waals surface area contributed by atoms with Crippen molar-refractivity contribution in [3.8, 4) is 0 Å². The van der Waals surface area contributed by atoms with Crippen LogP contribution in [-0.2, 0) is 19.6 Å². The smallest absolute Gasteiger partial charge is 0.338 e. The number of benzene rings is 2. The maximum absolute atomic E-state index is 12.9. The molecule has 1 saturated heterocycles. The van der Waals surface area contributed by atoms with Crippen LogP contribution in [0.4, 0.5) is 14.5 Å². The van der Waals surface area contributed by atoms with Gasteiger partial charge in [0.25, 0.3) is 11.7 Å². The molecule has 33 heavy (non-hydrogen) atoms. The van der Waals surface area contributed by atoms with Gasteiger partial charge in [0, 0.05) is 18.0 Å². The van der Waals surface area contributed by atoms with Crippen LogP contribution in [0.1, 0.15) is 35.2 Å². The number of aryl methyl sites for hydroxylation is 1. The number of thioether (sulfide) groups is 1. The Morgan fingerprint density at radius 1 is 1.12 bits per heavy atom. The molecule has 2 aromatic carbocycles. The van der Waals surface area contributed by atoms with Gasteiger partial charge in [0.1, 0.15) is 0 Å². The van der Waals surface area contributed by atoms with Gasteiger partial charge in [-0.2, -0.15) is 13.1 Å². The second-order valence-corrected chi connectivity index (χ2v) is 10.4. The van der Waals surface area contributed by atoms with Crippen molar-refractivity contribution in [1.29, 1.82) is 0 Å². The molecular weight excluding hydrogens is 474 g/mol. The average Bonchev–Trinajstić information content (AvgIpc) is 2.79. The van der Waals surface area contributed by atoms with Crippen molar-refractivity contribution >= 4 is 39.3 Å². The molecule has 1 aliphatic heterocycles. The van der Waals surface area contributed by atoms with Crippen LogP contribution < -0.4 is 5.32 Å². The minimum atomic E-state index is -3.74. The van der Waals surface area contributed by atoms with Crippen LogP contribution in [0.15, 0.2) is 52.3 Å². The van der Waals surface area contributed by atoms with Crippen molar-refractivity contribution in [3.63, 3.8) is 0 Å². The number of esters is 1. The van der Waals surface area contributed by atoms with Gasteiger partial charge in [-0.3, -0.25) is 4.79 Å². The molecule has 0 aromatic heterocycles. The van der Waals surface area contributed by atoms with Gasteiger partial charge in [-0.25, -0.2) is 13.2 Å². The summed E-state index contributed by atoms with van der Waals surface area (Å²) in [7, 11) is -3.74. The Kier molecular flexibility index (Phi) is 8.44. The molecule has 3 rings (SSSR count). The Balaban J connectivity index is 1.67. The molecule has 1 aliphatic rings. The molecule has 7 nitrogen and oxygen atoms in total. The van der Waals surface area contributed by atoms with Gasteiger partial charge in [0.05, 0.1) is 16.1 Å². The van der Waals surface area contributed by atoms with Crippen molar-refractivity contribution < 1.29 is 31.5 Å². The number of carbonyl (C=O) groups excluding carboxylic acids is 2. The molecule has 0 atom stereocenters. The van der Waals surface area contributed by atoms with E-state index in [2.05, 4.69) is 5.32 Å². The number of nitrogens with zero attached hydrogens (tertiary/aromatic N) is 1. The van der Waals surface area contributed by atoms with Gasteiger partial charge in [-0.15, -0.1) is 0 Å². The molecule has 1 heterocycles. The Bertz CT molecular complexity index is 1120. The summed E-state index contributed by atoms with van der Waals surface area (Å²) >= 11 is 0.289. The van der Waals surface area contributed by atoms with Gasteiger partial charge >= 0.3 is 5.97 Å². The summed E-state index contributed by atoms with van der Waals surface area (Å²) in [6.07, 6.45) is 2.55. The van der Waals surface area contributed by atoms with Crippen LogP contribution >= 0.6 is 11.8 Å². The third-order valence-corrected chi connectivity index (χ3v) is 7.78. The van der Waals surface area contributed by atoms with E-state index < -0.39 is 34.3 Å². The molecule has 1 fully saturated rings. The third kappa shape index (κ3) is 6.52. The Hall–Kier alpha value is -2.50. The van der Waals surface area contributed by atoms with E-state index in [0.717, 1.165) is 19.3 Å². The van der Waals surface area contributed by atoms with Crippen LogP contribution in [0, 0.1) is 6.92 Å². The SMILES string of the molecule is Cc1ccc(S(=O)(=O)N2CCCCC2)cc1C(=O)OCC(=O)Nc1ccccc1SC(F)F. The summed E-state index contributed by atoms with van der Waals surface area (Å²) in [5.41, 5.74) is 0.709. The molecule has 0 aliphatic carbocycles. The number of halogens is 2. The molecule has 11 heteroatoms. The predicted octanol–water partition coefficient (Wildman–Crippen LogP) is 4.28. The largest absolute Gasteiger partial charge is 0.452 e. The van der Waals surface area contributed by atoms with E-state index in [4.69, 9.17) is 4.74 Å². The van der Waals surface area contributed by atoms with E-state index in [-0.39, 0.29) is 32.8 Å². The van der Waals surface area contributed by atoms with Crippen LogP contribution in [0.2, 0.25) is 0 Å². The van der Waals surface area contributed by atoms with Crippen molar-refractivity contribution in [2.24, 2.45) is 0 Å². The number of hydrogen-bond donors (Lipinski definition) is 1. The summed E-state index contributed by atoms with van der Waals surface area (Å²) in [6.45, 7) is 1.84. The van der Waals surface area contributed by atoms with Crippen LogP contribution in [0.3, 0.4) is 0 Å². The van der Waals surface area contributed by atoms with Gasteiger partial charge in [0.15, 0.2) is 6.61 Å². The Morgan fingerprint density at radius 2 is 1.82 bits per heavy atom. The second kappa shape index (κ2) is 11.1. The molecule has 1 N–H and O–H groups in total. The fourth-order valence-corrected chi connectivity index (χ4v) is 5.54. The molecule has 0 bridgehead atoms. The highest BCUT2D eigenvalue weighted by atomic mass is 32.2. The third-order valence-electron chi connectivity index (χ3n) is 5.09. The lowest BCUT2D eigenvalue weighted by atomic mass is 10.1. The van der Waals surface area contributed by atoms with Crippen LogP contribution in [0.25, 0.3) is 0 Å². The molecule has 2 aromatic rings. The monoisotopic (exact) mass is 498 g/mol. The standard InChI is InChI=1S/C22H24F2N2O5S2/c1-15-9-10-16(33(29,30)26-11-5-2-6-12-26)13-17(15)21(28)31-14-20(27)25-18-7-3-4-8-19(18)32-22(23)24/h3-4,7-10,13,22H,2,5-6,11-12,14H2,1H3,(H,25,27). The minimum Gasteiger partial charge on any atom is -0.452 e. The maximum Gasteiger partial charge on any atom is 0.338 e. The number of carbonyl (C=O) groups is 2. The number of ether oxygens (including phenoxy) is 1. The average molecular weight is 499 g/mol. The first-order valence-electron chi connectivity index (χ1n) is 10.3.